The van der Waals surface area contributed by atoms with Crippen LogP contribution >= 0.6 is 0 Å². The van der Waals surface area contributed by atoms with Gasteiger partial charge in [0.05, 0.1) is 0 Å². The molecule has 0 aliphatic rings. The molecular formula is C13H37N3O. The summed E-state index contributed by atoms with van der Waals surface area (Å²) in [5.41, 5.74) is 5.03. The Hall–Kier alpha value is -0.160. The van der Waals surface area contributed by atoms with Crippen molar-refractivity contribution in [2.24, 2.45) is 5.73 Å². The number of aliphatic hydroxyl groups is 1. The standard InChI is InChI=1S/C5H14N2.C3H9N.C3H8O.C2H6/c1-3-7-5-4-6-2;2*1-2-3-4;1-2/h6-7H,3-5H2,1-2H3;2-4H2,1H3;4H,2-3H2,1H3;1-2H3. The van der Waals surface area contributed by atoms with Crippen molar-refractivity contribution in [3.63, 3.8) is 0 Å². The first kappa shape index (κ1) is 25.6. The maximum absolute atomic E-state index is 7.88. The molecule has 0 radical (unpaired) electrons. The smallest absolute Gasteiger partial charge is 0.0428 e. The van der Waals surface area contributed by atoms with Crippen molar-refractivity contribution < 1.29 is 5.11 Å². The van der Waals surface area contributed by atoms with Gasteiger partial charge < -0.3 is 21.5 Å². The van der Waals surface area contributed by atoms with Crippen LogP contribution in [0.4, 0.5) is 0 Å². The highest BCUT2D eigenvalue weighted by atomic mass is 16.2. The first-order valence-electron chi connectivity index (χ1n) is 6.91. The summed E-state index contributed by atoms with van der Waals surface area (Å²) in [7, 11) is 1.96. The maximum Gasteiger partial charge on any atom is 0.0428 e. The predicted molar refractivity (Wildman–Crippen MR) is 80.5 cm³/mol. The zero-order chi connectivity index (χ0) is 14.4. The molecule has 0 atom stereocenters. The second kappa shape index (κ2) is 44.6. The quantitative estimate of drug-likeness (QED) is 0.541. The molecule has 0 spiro atoms. The van der Waals surface area contributed by atoms with Crippen molar-refractivity contribution in [3.8, 4) is 0 Å². The van der Waals surface area contributed by atoms with Crippen LogP contribution in [0, 0.1) is 0 Å². The first-order chi connectivity index (χ1) is 8.24. The molecule has 0 saturated carbocycles. The normalized spacial score (nSPS) is 7.76. The van der Waals surface area contributed by atoms with Gasteiger partial charge >= 0.3 is 0 Å². The molecule has 110 valence electrons. The van der Waals surface area contributed by atoms with Crippen molar-refractivity contribution in [1.82, 2.24) is 10.6 Å². The monoisotopic (exact) mass is 251 g/mol. The van der Waals surface area contributed by atoms with Crippen molar-refractivity contribution in [3.05, 3.63) is 0 Å². The lowest BCUT2D eigenvalue weighted by Crippen LogP contribution is -2.24. The topological polar surface area (TPSA) is 70.3 Å². The summed E-state index contributed by atoms with van der Waals surface area (Å²) in [5, 5.41) is 14.1. The van der Waals surface area contributed by atoms with Crippen molar-refractivity contribution in [1.29, 1.82) is 0 Å². The highest BCUT2D eigenvalue weighted by molar-refractivity contribution is 4.42. The third-order valence-corrected chi connectivity index (χ3v) is 1.31. The van der Waals surface area contributed by atoms with E-state index in [4.69, 9.17) is 10.8 Å². The summed E-state index contributed by atoms with van der Waals surface area (Å²) in [5.74, 6) is 0. The van der Waals surface area contributed by atoms with E-state index in [-0.39, 0.29) is 0 Å². The summed E-state index contributed by atoms with van der Waals surface area (Å²) in [6.45, 7) is 14.4. The van der Waals surface area contributed by atoms with Crippen LogP contribution in [-0.2, 0) is 0 Å². The maximum atomic E-state index is 7.88. The zero-order valence-corrected chi connectivity index (χ0v) is 13.0. The van der Waals surface area contributed by atoms with Crippen LogP contribution in [0.25, 0.3) is 0 Å². The Morgan fingerprint density at radius 1 is 1.00 bits per heavy atom. The van der Waals surface area contributed by atoms with E-state index in [9.17, 15) is 0 Å². The molecule has 0 amide bonds. The summed E-state index contributed by atoms with van der Waals surface area (Å²) < 4.78 is 0. The van der Waals surface area contributed by atoms with Crippen molar-refractivity contribution in [2.45, 2.75) is 47.5 Å². The zero-order valence-electron chi connectivity index (χ0n) is 13.0. The van der Waals surface area contributed by atoms with Gasteiger partial charge in [0.25, 0.3) is 0 Å². The van der Waals surface area contributed by atoms with E-state index in [0.717, 1.165) is 39.0 Å². The Balaban J connectivity index is -0.0000000733. The number of nitrogens with one attached hydrogen (secondary N) is 2. The third kappa shape index (κ3) is 89.0. The largest absolute Gasteiger partial charge is 0.396 e. The predicted octanol–water partition coefficient (Wildman–Crippen LogP) is 1.59. The van der Waals surface area contributed by atoms with E-state index in [1.54, 1.807) is 0 Å². The number of hydrogen-bond acceptors (Lipinski definition) is 4. The van der Waals surface area contributed by atoms with Gasteiger partial charge in [0.15, 0.2) is 0 Å². The highest BCUT2D eigenvalue weighted by Crippen LogP contribution is 1.61. The van der Waals surface area contributed by atoms with E-state index in [1.807, 2.05) is 27.8 Å². The van der Waals surface area contributed by atoms with E-state index in [0.29, 0.717) is 6.61 Å². The summed E-state index contributed by atoms with van der Waals surface area (Å²) in [6.07, 6.45) is 1.97. The third-order valence-electron chi connectivity index (χ3n) is 1.31. The number of hydrogen-bond donors (Lipinski definition) is 4. The fraction of sp³-hybridized carbons (Fsp3) is 1.00. The van der Waals surface area contributed by atoms with Gasteiger partial charge in [-0.25, -0.2) is 0 Å². The average Bonchev–Trinajstić information content (AvgIpc) is 2.42. The van der Waals surface area contributed by atoms with Gasteiger partial charge in [-0.05, 0) is 33.0 Å². The number of aliphatic hydroxyl groups excluding tert-OH is 1. The number of likely N-dealkylation sites (N-methyl/N-ethyl adjacent to an activating group) is 2. The van der Waals surface area contributed by atoms with Crippen LogP contribution in [0.2, 0.25) is 0 Å². The SMILES string of the molecule is CC.CCCN.CCCO.CCNCCNC. The van der Waals surface area contributed by atoms with Gasteiger partial charge in [0.2, 0.25) is 0 Å². The highest BCUT2D eigenvalue weighted by Gasteiger charge is 1.75. The van der Waals surface area contributed by atoms with Gasteiger partial charge in [-0.15, -0.1) is 0 Å². The Morgan fingerprint density at radius 3 is 1.59 bits per heavy atom. The van der Waals surface area contributed by atoms with Gasteiger partial charge in [-0.3, -0.25) is 0 Å². The lowest BCUT2D eigenvalue weighted by molar-refractivity contribution is 0.295. The molecule has 0 fully saturated rings. The molecule has 0 bridgehead atoms. The molecule has 0 aromatic carbocycles. The van der Waals surface area contributed by atoms with Crippen molar-refractivity contribution in [2.75, 3.05) is 39.8 Å². The molecule has 17 heavy (non-hydrogen) atoms. The van der Waals surface area contributed by atoms with E-state index in [2.05, 4.69) is 24.5 Å². The van der Waals surface area contributed by atoms with Gasteiger partial charge in [-0.2, -0.15) is 0 Å². The lowest BCUT2D eigenvalue weighted by atomic mass is 10.5. The Kier molecular flexibility index (Phi) is 67.3. The summed E-state index contributed by atoms with van der Waals surface area (Å²) in [4.78, 5) is 0. The molecule has 0 aromatic rings. The fourth-order valence-corrected chi connectivity index (χ4v) is 0.390. The van der Waals surface area contributed by atoms with Gasteiger partial charge in [0, 0.05) is 19.7 Å². The summed E-state index contributed by atoms with van der Waals surface area (Å²) >= 11 is 0. The van der Waals surface area contributed by atoms with E-state index < -0.39 is 0 Å². The Morgan fingerprint density at radius 2 is 1.41 bits per heavy atom. The first-order valence-corrected chi connectivity index (χ1v) is 6.91. The molecule has 0 unspecified atom stereocenters. The molecule has 4 nitrogen and oxygen atoms in total. The van der Waals surface area contributed by atoms with Crippen molar-refractivity contribution >= 4 is 0 Å². The van der Waals surface area contributed by atoms with Crippen LogP contribution < -0.4 is 16.4 Å². The lowest BCUT2D eigenvalue weighted by Gasteiger charge is -1.96. The fourth-order valence-electron chi connectivity index (χ4n) is 0.390. The molecule has 4 heteroatoms. The summed E-state index contributed by atoms with van der Waals surface area (Å²) in [6, 6.07) is 0. The minimum atomic E-state index is 0.319. The molecule has 0 rings (SSSR count). The van der Waals surface area contributed by atoms with Crippen LogP contribution in [-0.4, -0.2) is 44.9 Å². The second-order valence-electron chi connectivity index (χ2n) is 2.97. The van der Waals surface area contributed by atoms with Crippen LogP contribution in [0.15, 0.2) is 0 Å². The molecule has 0 aliphatic heterocycles. The molecule has 0 aliphatic carbocycles. The number of rotatable bonds is 6. The molecular weight excluding hydrogens is 214 g/mol. The van der Waals surface area contributed by atoms with Gasteiger partial charge in [0.1, 0.15) is 0 Å². The van der Waals surface area contributed by atoms with Crippen LogP contribution in [0.1, 0.15) is 47.5 Å². The van der Waals surface area contributed by atoms with Crippen LogP contribution in [0.3, 0.4) is 0 Å². The minimum Gasteiger partial charge on any atom is -0.396 e. The van der Waals surface area contributed by atoms with E-state index in [1.165, 1.54) is 0 Å². The van der Waals surface area contributed by atoms with E-state index >= 15 is 0 Å². The van der Waals surface area contributed by atoms with Crippen LogP contribution in [0.5, 0.6) is 0 Å². The Labute approximate surface area is 109 Å². The molecule has 0 aromatic heterocycles. The Bertz CT molecular complexity index is 61.7. The number of nitrogens with two attached hydrogens (primary N) is 1. The molecule has 0 heterocycles. The molecule has 5 N–H and O–H groups in total. The minimum absolute atomic E-state index is 0.319. The average molecular weight is 251 g/mol. The van der Waals surface area contributed by atoms with Gasteiger partial charge in [-0.1, -0.05) is 34.6 Å². The molecule has 0 saturated heterocycles. The second-order valence-corrected chi connectivity index (χ2v) is 2.97.